The molecular weight excluding hydrogens is 937 g/mol. The third-order valence-electron chi connectivity index (χ3n) is 11.0. The summed E-state index contributed by atoms with van der Waals surface area (Å²) in [4.78, 5) is 78.4. The van der Waals surface area contributed by atoms with E-state index in [1.165, 1.54) is 0 Å². The number of hydrogen-bond acceptors (Lipinski definition) is 16. The molecule has 2 aliphatic rings. The second-order valence-corrected chi connectivity index (χ2v) is 18.2. The van der Waals surface area contributed by atoms with Crippen LogP contribution in [0.3, 0.4) is 0 Å². The first-order valence-electron chi connectivity index (χ1n) is 23.0. The number of carbonyl (C=O) groups excluding carboxylic acids is 4. The van der Waals surface area contributed by atoms with Crippen LogP contribution in [0, 0.1) is 0 Å². The molecule has 6 aromatic rings. The summed E-state index contributed by atoms with van der Waals surface area (Å²) in [6.45, 7) is 4.62. The average Bonchev–Trinajstić information content (AvgIpc) is 4.27. The number of thioether (sulfide) groups is 2. The van der Waals surface area contributed by atoms with Crippen LogP contribution in [-0.2, 0) is 30.8 Å². The first-order chi connectivity index (χ1) is 34.3. The summed E-state index contributed by atoms with van der Waals surface area (Å²) in [5.41, 5.74) is 1.54. The Hall–Kier alpha value is -7.00. The van der Waals surface area contributed by atoms with Gasteiger partial charge in [-0.3, -0.25) is 9.80 Å². The van der Waals surface area contributed by atoms with Crippen molar-refractivity contribution in [3.63, 3.8) is 0 Å². The van der Waals surface area contributed by atoms with Crippen molar-refractivity contribution in [1.29, 1.82) is 0 Å². The van der Waals surface area contributed by atoms with E-state index in [1.54, 1.807) is 84.4 Å². The Morgan fingerprint density at radius 2 is 0.929 bits per heavy atom. The minimum atomic E-state index is -1.56. The Labute approximate surface area is 413 Å². The van der Waals surface area contributed by atoms with Crippen LogP contribution in [0.5, 0.6) is 11.5 Å². The van der Waals surface area contributed by atoms with E-state index >= 15 is 0 Å². The number of amides is 4. The molecule has 0 saturated carbocycles. The molecule has 0 atom stereocenters. The Bertz CT molecular complexity index is 2410. The molecule has 2 fully saturated rings. The van der Waals surface area contributed by atoms with Crippen LogP contribution in [0.25, 0.3) is 22.6 Å². The summed E-state index contributed by atoms with van der Waals surface area (Å²) >= 11 is 3.24. The zero-order chi connectivity index (χ0) is 48.3. The minimum absolute atomic E-state index is 0.125. The van der Waals surface area contributed by atoms with Gasteiger partial charge in [0.05, 0.1) is 61.8 Å². The van der Waals surface area contributed by atoms with Gasteiger partial charge in [0.2, 0.25) is 11.8 Å². The molecule has 4 heterocycles. The standard InChI is InChI=1S/C50H54N8O10S2/c59-47(67-57(49(61)53-35-55-23-7-8-24-55)39-19-15-37(16-20-39)43-31-51-45(65-43)33-69-29-27-63-41-11-3-1-4-12-41)48(60)68-58(50(62)54-36-56-25-9-10-26-56)40-21-17-38(18-22-40)44-32-52-46(66-44)34-70-30-28-64-42-13-5-2-6-14-42/h1-6,11-22,31-32H,7-10,23-30,33-36H2,(H,53,61)(H,54,62). The lowest BCUT2D eigenvalue weighted by atomic mass is 10.1. The van der Waals surface area contributed by atoms with Crippen LogP contribution in [0.4, 0.5) is 21.0 Å². The molecule has 2 saturated heterocycles. The highest BCUT2D eigenvalue weighted by atomic mass is 32.2. The lowest BCUT2D eigenvalue weighted by Gasteiger charge is -2.25. The summed E-state index contributed by atoms with van der Waals surface area (Å²) in [5.74, 6) is 3.10. The molecule has 0 radical (unpaired) electrons. The molecule has 2 aliphatic heterocycles. The molecule has 8 rings (SSSR count). The lowest BCUT2D eigenvalue weighted by molar-refractivity contribution is -0.168. The van der Waals surface area contributed by atoms with E-state index in [2.05, 4.69) is 20.6 Å². The average molecular weight is 991 g/mol. The number of urea groups is 2. The summed E-state index contributed by atoms with van der Waals surface area (Å²) in [6, 6.07) is 30.4. The fraction of sp³-hybridized carbons (Fsp3) is 0.320. The van der Waals surface area contributed by atoms with Crippen molar-refractivity contribution < 1.29 is 47.2 Å². The van der Waals surface area contributed by atoms with Crippen LogP contribution < -0.4 is 30.2 Å². The van der Waals surface area contributed by atoms with Gasteiger partial charge in [-0.15, -0.1) is 33.7 Å². The van der Waals surface area contributed by atoms with Crippen LogP contribution in [0.1, 0.15) is 37.5 Å². The van der Waals surface area contributed by atoms with Crippen molar-refractivity contribution in [2.24, 2.45) is 0 Å². The van der Waals surface area contributed by atoms with Gasteiger partial charge in [-0.05, 0) is 125 Å². The van der Waals surface area contributed by atoms with E-state index in [4.69, 9.17) is 28.0 Å². The maximum atomic E-state index is 13.7. The van der Waals surface area contributed by atoms with Gasteiger partial charge in [0.1, 0.15) is 11.5 Å². The number of para-hydroxylation sites is 2. The first kappa shape index (κ1) is 49.4. The predicted octanol–water partition coefficient (Wildman–Crippen LogP) is 8.38. The number of nitrogens with one attached hydrogen (secondary N) is 2. The van der Waals surface area contributed by atoms with Crippen LogP contribution in [0.15, 0.2) is 130 Å². The molecular formula is C50H54N8O10S2. The van der Waals surface area contributed by atoms with Crippen molar-refractivity contribution in [1.82, 2.24) is 30.4 Å². The van der Waals surface area contributed by atoms with Gasteiger partial charge in [0, 0.05) is 22.6 Å². The van der Waals surface area contributed by atoms with E-state index in [9.17, 15) is 19.2 Å². The number of rotatable bonds is 20. The molecule has 18 nitrogen and oxygen atoms in total. The van der Waals surface area contributed by atoms with Crippen molar-refractivity contribution in [2.45, 2.75) is 37.2 Å². The van der Waals surface area contributed by atoms with Crippen molar-refractivity contribution in [2.75, 3.05) is 74.4 Å². The lowest BCUT2D eigenvalue weighted by Crippen LogP contribution is -2.48. The third kappa shape index (κ3) is 14.5. The quantitative estimate of drug-likeness (QED) is 0.0420. The van der Waals surface area contributed by atoms with E-state index in [0.717, 1.165) is 74.9 Å². The van der Waals surface area contributed by atoms with E-state index < -0.39 is 24.0 Å². The van der Waals surface area contributed by atoms with Crippen molar-refractivity contribution >= 4 is 58.9 Å². The number of nitrogens with zero attached hydrogens (tertiary/aromatic N) is 6. The van der Waals surface area contributed by atoms with Crippen LogP contribution in [0.2, 0.25) is 0 Å². The highest BCUT2D eigenvalue weighted by molar-refractivity contribution is 7.98. The number of likely N-dealkylation sites (tertiary alicyclic amines) is 2. The van der Waals surface area contributed by atoms with E-state index in [0.29, 0.717) is 69.3 Å². The van der Waals surface area contributed by atoms with Gasteiger partial charge >= 0.3 is 24.0 Å². The monoisotopic (exact) mass is 990 g/mol. The molecule has 0 spiro atoms. The molecule has 2 N–H and O–H groups in total. The molecule has 70 heavy (non-hydrogen) atoms. The maximum absolute atomic E-state index is 13.7. The largest absolute Gasteiger partial charge is 0.493 e. The molecule has 2 aromatic heterocycles. The number of oxazole rings is 2. The summed E-state index contributed by atoms with van der Waals surface area (Å²) < 4.78 is 23.5. The third-order valence-corrected chi connectivity index (χ3v) is 12.8. The van der Waals surface area contributed by atoms with Crippen LogP contribution in [-0.4, -0.2) is 108 Å². The molecule has 4 aromatic carbocycles. The smallest absolute Gasteiger partial charge is 0.444 e. The second kappa shape index (κ2) is 25.6. The summed E-state index contributed by atoms with van der Waals surface area (Å²) in [5, 5.41) is 6.90. The Morgan fingerprint density at radius 1 is 0.543 bits per heavy atom. The molecule has 0 bridgehead atoms. The molecule has 366 valence electrons. The van der Waals surface area contributed by atoms with Gasteiger partial charge in [-0.2, -0.15) is 0 Å². The zero-order valence-corrected chi connectivity index (χ0v) is 40.1. The Kier molecular flexibility index (Phi) is 18.0. The molecule has 0 unspecified atom stereocenters. The zero-order valence-electron chi connectivity index (χ0n) is 38.4. The number of carbonyl (C=O) groups is 4. The molecule has 0 aliphatic carbocycles. The molecule has 20 heteroatoms. The minimum Gasteiger partial charge on any atom is -0.493 e. The SMILES string of the molecule is O=C(ON(C(=O)NCN1CCCC1)c1ccc(-c2cnc(CSCCOc3ccccc3)o2)cc1)C(=O)ON(C(=O)NCN1CCCC1)c1ccc(-c2cnc(CSCCOc3ccccc3)o2)cc1. The predicted molar refractivity (Wildman–Crippen MR) is 266 cm³/mol. The number of hydrogen-bond donors (Lipinski definition) is 2. The number of benzene rings is 4. The maximum Gasteiger partial charge on any atom is 0.444 e. The fourth-order valence-corrected chi connectivity index (χ4v) is 8.69. The number of ether oxygens (including phenoxy) is 2. The summed E-state index contributed by atoms with van der Waals surface area (Å²) in [7, 11) is 0. The second-order valence-electron chi connectivity index (χ2n) is 16.0. The normalized spacial score (nSPS) is 13.7. The van der Waals surface area contributed by atoms with Gasteiger partial charge in [0.25, 0.3) is 0 Å². The topological polar surface area (TPSA) is 194 Å². The van der Waals surface area contributed by atoms with Crippen molar-refractivity contribution in [3.05, 3.63) is 133 Å². The van der Waals surface area contributed by atoms with Gasteiger partial charge < -0.3 is 38.6 Å². The Balaban J connectivity index is 0.901. The van der Waals surface area contributed by atoms with Crippen LogP contribution >= 0.6 is 23.5 Å². The highest BCUT2D eigenvalue weighted by Crippen LogP contribution is 2.28. The Morgan fingerprint density at radius 3 is 1.31 bits per heavy atom. The van der Waals surface area contributed by atoms with E-state index in [-0.39, 0.29) is 24.7 Å². The van der Waals surface area contributed by atoms with Gasteiger partial charge in [-0.1, -0.05) is 36.4 Å². The van der Waals surface area contributed by atoms with Gasteiger partial charge in [0.15, 0.2) is 11.5 Å². The molecule has 4 amide bonds. The van der Waals surface area contributed by atoms with Gasteiger partial charge in [-0.25, -0.2) is 29.1 Å². The summed E-state index contributed by atoms with van der Waals surface area (Å²) in [6.07, 6.45) is 7.18. The first-order valence-corrected chi connectivity index (χ1v) is 25.3. The highest BCUT2D eigenvalue weighted by Gasteiger charge is 2.32. The fourth-order valence-electron chi connectivity index (χ4n) is 7.38. The number of hydroxylamine groups is 2. The van der Waals surface area contributed by atoms with Crippen molar-refractivity contribution in [3.8, 4) is 34.1 Å². The number of anilines is 2. The number of aromatic nitrogens is 2. The van der Waals surface area contributed by atoms with E-state index in [1.807, 2.05) is 70.5 Å².